The number of aliphatic hydroxyl groups excluding tert-OH is 1. The fraction of sp³-hybridized carbons (Fsp3) is 1.00. The van der Waals surface area contributed by atoms with Crippen molar-refractivity contribution in [2.75, 3.05) is 13.2 Å². The maximum absolute atomic E-state index is 8.25. The van der Waals surface area contributed by atoms with Gasteiger partial charge in [0.1, 0.15) is 0 Å². The van der Waals surface area contributed by atoms with E-state index in [-0.39, 0.29) is 24.9 Å². The fourth-order valence-electron chi connectivity index (χ4n) is 0.0745. The van der Waals surface area contributed by atoms with Crippen molar-refractivity contribution in [3.63, 3.8) is 0 Å². The van der Waals surface area contributed by atoms with Crippen molar-refractivity contribution in [1.82, 2.24) is 0 Å². The van der Waals surface area contributed by atoms with Crippen LogP contribution in [0, 0.1) is 5.92 Å². The van der Waals surface area contributed by atoms with Gasteiger partial charge in [0.05, 0.1) is 0 Å². The van der Waals surface area contributed by atoms with Gasteiger partial charge < -0.3 is 10.8 Å². The summed E-state index contributed by atoms with van der Waals surface area (Å²) in [7, 11) is 0. The van der Waals surface area contributed by atoms with E-state index in [1.165, 1.54) is 0 Å². The molecule has 3 heteroatoms. The van der Waals surface area contributed by atoms with Crippen molar-refractivity contribution < 1.29 is 5.11 Å². The number of aliphatic hydroxyl groups is 1. The van der Waals surface area contributed by atoms with E-state index in [9.17, 15) is 0 Å². The second-order valence-electron chi connectivity index (χ2n) is 1.52. The minimum Gasteiger partial charge on any atom is -0.396 e. The predicted molar refractivity (Wildman–Crippen MR) is 32.6 cm³/mol. The second kappa shape index (κ2) is 6.21. The third-order valence-corrected chi connectivity index (χ3v) is 0.714. The average molecular weight is 126 g/mol. The van der Waals surface area contributed by atoms with E-state index in [1.54, 1.807) is 0 Å². The Morgan fingerprint density at radius 3 is 2.14 bits per heavy atom. The largest absolute Gasteiger partial charge is 0.396 e. The summed E-state index contributed by atoms with van der Waals surface area (Å²) < 4.78 is 0. The molecular formula is C4H12ClNO. The van der Waals surface area contributed by atoms with Gasteiger partial charge >= 0.3 is 0 Å². The smallest absolute Gasteiger partial charge is 0.0468 e. The van der Waals surface area contributed by atoms with Crippen LogP contribution in [0.2, 0.25) is 0 Å². The Hall–Kier alpha value is 0.210. The maximum Gasteiger partial charge on any atom is 0.0468 e. The Labute approximate surface area is 50.1 Å². The van der Waals surface area contributed by atoms with Gasteiger partial charge in [0.2, 0.25) is 0 Å². The minimum absolute atomic E-state index is 0. The SMILES string of the molecule is CC(CN)CO.Cl. The third-order valence-electron chi connectivity index (χ3n) is 0.714. The van der Waals surface area contributed by atoms with Crippen LogP contribution in [0.4, 0.5) is 0 Å². The van der Waals surface area contributed by atoms with Crippen molar-refractivity contribution >= 4 is 12.4 Å². The van der Waals surface area contributed by atoms with E-state index in [0.29, 0.717) is 6.54 Å². The first kappa shape index (κ1) is 10.2. The molecule has 0 radical (unpaired) electrons. The first-order valence-corrected chi connectivity index (χ1v) is 2.12. The molecule has 3 N–H and O–H groups in total. The minimum atomic E-state index is 0. The number of hydrogen-bond donors (Lipinski definition) is 2. The molecule has 0 aromatic heterocycles. The van der Waals surface area contributed by atoms with Crippen molar-refractivity contribution in [2.45, 2.75) is 6.92 Å². The summed E-state index contributed by atoms with van der Waals surface area (Å²) in [6.07, 6.45) is 0. The molecule has 0 saturated heterocycles. The summed E-state index contributed by atoms with van der Waals surface area (Å²) in [5.74, 6) is 0.269. The van der Waals surface area contributed by atoms with Crippen molar-refractivity contribution in [3.05, 3.63) is 0 Å². The molecule has 46 valence electrons. The van der Waals surface area contributed by atoms with Gasteiger partial charge in [0.15, 0.2) is 0 Å². The van der Waals surface area contributed by atoms with Gasteiger partial charge in [-0.05, 0) is 12.5 Å². The molecule has 0 spiro atoms. The van der Waals surface area contributed by atoms with Crippen molar-refractivity contribution in [2.24, 2.45) is 11.7 Å². The summed E-state index contributed by atoms with van der Waals surface area (Å²) in [5, 5.41) is 8.25. The van der Waals surface area contributed by atoms with Crippen LogP contribution in [0.15, 0.2) is 0 Å². The molecule has 1 unspecified atom stereocenters. The van der Waals surface area contributed by atoms with Gasteiger partial charge in [0.25, 0.3) is 0 Å². The topological polar surface area (TPSA) is 46.2 Å². The van der Waals surface area contributed by atoms with E-state index in [1.807, 2.05) is 6.92 Å². The first-order chi connectivity index (χ1) is 2.81. The van der Waals surface area contributed by atoms with Crippen LogP contribution in [0.1, 0.15) is 6.92 Å². The lowest BCUT2D eigenvalue weighted by Crippen LogP contribution is -2.13. The highest BCUT2D eigenvalue weighted by atomic mass is 35.5. The Balaban J connectivity index is 0. The molecule has 0 rings (SSSR count). The molecule has 0 aliphatic rings. The molecule has 0 aromatic carbocycles. The highest BCUT2D eigenvalue weighted by molar-refractivity contribution is 5.85. The lowest BCUT2D eigenvalue weighted by Gasteiger charge is -1.98. The zero-order valence-corrected chi connectivity index (χ0v) is 5.24. The number of halogens is 1. The Bertz CT molecular complexity index is 30.9. The Morgan fingerprint density at radius 2 is 2.14 bits per heavy atom. The Kier molecular flexibility index (Phi) is 9.09. The summed E-state index contributed by atoms with van der Waals surface area (Å²) in [6, 6.07) is 0. The molecule has 0 saturated carbocycles. The monoisotopic (exact) mass is 125 g/mol. The van der Waals surface area contributed by atoms with Crippen LogP contribution in [0.3, 0.4) is 0 Å². The summed E-state index contributed by atoms with van der Waals surface area (Å²) in [5.41, 5.74) is 5.12. The van der Waals surface area contributed by atoms with E-state index in [4.69, 9.17) is 10.8 Å². The lowest BCUT2D eigenvalue weighted by molar-refractivity contribution is 0.241. The van der Waals surface area contributed by atoms with E-state index in [2.05, 4.69) is 0 Å². The highest BCUT2D eigenvalue weighted by Crippen LogP contribution is 1.83. The van der Waals surface area contributed by atoms with Crippen LogP contribution in [0.5, 0.6) is 0 Å². The summed E-state index contributed by atoms with van der Waals surface area (Å²) in [4.78, 5) is 0. The molecule has 0 bridgehead atoms. The van der Waals surface area contributed by atoms with E-state index < -0.39 is 0 Å². The zero-order chi connectivity index (χ0) is 4.99. The predicted octanol–water partition coefficient (Wildman–Crippen LogP) is -0.00470. The van der Waals surface area contributed by atoms with Crippen LogP contribution >= 0.6 is 12.4 Å². The normalized spacial score (nSPS) is 12.4. The van der Waals surface area contributed by atoms with Gasteiger partial charge in [-0.15, -0.1) is 12.4 Å². The fourth-order valence-corrected chi connectivity index (χ4v) is 0.0745. The summed E-state index contributed by atoms with van der Waals surface area (Å²) >= 11 is 0. The first-order valence-electron chi connectivity index (χ1n) is 2.12. The maximum atomic E-state index is 8.25. The molecule has 0 aliphatic heterocycles. The van der Waals surface area contributed by atoms with Crippen molar-refractivity contribution in [3.8, 4) is 0 Å². The summed E-state index contributed by atoms with van der Waals surface area (Å²) in [6.45, 7) is 2.69. The van der Waals surface area contributed by atoms with Gasteiger partial charge in [-0.3, -0.25) is 0 Å². The second-order valence-corrected chi connectivity index (χ2v) is 1.52. The van der Waals surface area contributed by atoms with Crippen LogP contribution in [-0.4, -0.2) is 18.3 Å². The molecule has 0 amide bonds. The third kappa shape index (κ3) is 6.21. The molecule has 2 nitrogen and oxygen atoms in total. The van der Waals surface area contributed by atoms with E-state index in [0.717, 1.165) is 0 Å². The van der Waals surface area contributed by atoms with Gasteiger partial charge in [0, 0.05) is 6.61 Å². The Morgan fingerprint density at radius 1 is 1.71 bits per heavy atom. The molecular weight excluding hydrogens is 114 g/mol. The molecule has 0 aromatic rings. The molecule has 0 aliphatic carbocycles. The van der Waals surface area contributed by atoms with Gasteiger partial charge in [-0.1, -0.05) is 6.92 Å². The van der Waals surface area contributed by atoms with Gasteiger partial charge in [-0.2, -0.15) is 0 Å². The van der Waals surface area contributed by atoms with Gasteiger partial charge in [-0.25, -0.2) is 0 Å². The van der Waals surface area contributed by atoms with Crippen LogP contribution in [0.25, 0.3) is 0 Å². The van der Waals surface area contributed by atoms with Crippen LogP contribution in [-0.2, 0) is 0 Å². The number of rotatable bonds is 2. The lowest BCUT2D eigenvalue weighted by atomic mass is 10.2. The molecule has 1 atom stereocenters. The quantitative estimate of drug-likeness (QED) is 0.546. The zero-order valence-electron chi connectivity index (χ0n) is 4.42. The number of nitrogens with two attached hydrogens (primary N) is 1. The standard InChI is InChI=1S/C4H11NO.ClH/c1-4(2-5)3-6;/h4,6H,2-3,5H2,1H3;1H. The van der Waals surface area contributed by atoms with Crippen LogP contribution < -0.4 is 5.73 Å². The average Bonchev–Trinajstić information content (AvgIpc) is 1.65. The van der Waals surface area contributed by atoms with E-state index >= 15 is 0 Å². The highest BCUT2D eigenvalue weighted by Gasteiger charge is 1.90. The van der Waals surface area contributed by atoms with Crippen molar-refractivity contribution in [1.29, 1.82) is 0 Å². The molecule has 7 heavy (non-hydrogen) atoms. The molecule has 0 fully saturated rings. The molecule has 0 heterocycles. The number of hydrogen-bond acceptors (Lipinski definition) is 2.